The number of unbranched alkanes of at least 4 members (excludes halogenated alkanes) is 8. The second-order valence-electron chi connectivity index (χ2n) is 22.7. The summed E-state index contributed by atoms with van der Waals surface area (Å²) in [5.74, 6) is 8.41. The van der Waals surface area contributed by atoms with Crippen LogP contribution in [0.3, 0.4) is 0 Å². The van der Waals surface area contributed by atoms with E-state index in [0.717, 1.165) is 48.4 Å². The summed E-state index contributed by atoms with van der Waals surface area (Å²) in [4.78, 5) is 0. The van der Waals surface area contributed by atoms with Gasteiger partial charge in [-0.05, 0) is 171 Å². The van der Waals surface area contributed by atoms with Crippen LogP contribution in [0.15, 0.2) is 60.7 Å². The molecule has 6 rings (SSSR count). The molecule has 0 heterocycles. The molecule has 0 saturated heterocycles. The summed E-state index contributed by atoms with van der Waals surface area (Å²) in [5.41, 5.74) is 5.73. The van der Waals surface area contributed by atoms with Gasteiger partial charge in [0.1, 0.15) is 11.5 Å². The molecule has 4 aliphatic carbocycles. The van der Waals surface area contributed by atoms with Crippen molar-refractivity contribution in [3.8, 4) is 11.5 Å². The van der Waals surface area contributed by atoms with E-state index in [1.165, 1.54) is 228 Å². The van der Waals surface area contributed by atoms with Gasteiger partial charge in [-0.3, -0.25) is 0 Å². The topological polar surface area (TPSA) is 27.7 Å². The summed E-state index contributed by atoms with van der Waals surface area (Å²) in [5, 5.41) is 0. The van der Waals surface area contributed by atoms with Crippen LogP contribution in [-0.2, 0) is 4.74 Å². The Balaban J connectivity index is 1.06. The average molecular weight is 920 g/mol. The van der Waals surface area contributed by atoms with Crippen LogP contribution in [0.5, 0.6) is 11.5 Å². The van der Waals surface area contributed by atoms with Gasteiger partial charge in [0.25, 0.3) is 0 Å². The fraction of sp³-hybridized carbons (Fsp3) is 0.750. The average Bonchev–Trinajstić information content (AvgIpc) is 3.37. The Morgan fingerprint density at radius 1 is 0.373 bits per heavy atom. The highest BCUT2D eigenvalue weighted by Gasteiger charge is 2.27. The van der Waals surface area contributed by atoms with Crippen LogP contribution < -0.4 is 9.47 Å². The third kappa shape index (κ3) is 19.3. The predicted octanol–water partition coefficient (Wildman–Crippen LogP) is 19.5. The molecule has 0 amide bonds. The molecule has 67 heavy (non-hydrogen) atoms. The Morgan fingerprint density at radius 2 is 0.657 bits per heavy atom. The maximum atomic E-state index is 6.62. The van der Waals surface area contributed by atoms with Gasteiger partial charge < -0.3 is 14.2 Å². The number of hydrogen-bond donors (Lipinski definition) is 0. The molecule has 0 spiro atoms. The molecule has 4 aliphatic rings. The van der Waals surface area contributed by atoms with E-state index in [9.17, 15) is 0 Å². The van der Waals surface area contributed by atoms with E-state index in [-0.39, 0.29) is 0 Å². The maximum absolute atomic E-state index is 6.62. The first kappa shape index (κ1) is 53.8. The van der Waals surface area contributed by atoms with Crippen LogP contribution in [0.1, 0.15) is 244 Å². The lowest BCUT2D eigenvalue weighted by atomic mass is 9.75. The van der Waals surface area contributed by atoms with Crippen LogP contribution in [0, 0.1) is 47.3 Å². The predicted molar refractivity (Wildman–Crippen MR) is 289 cm³/mol. The molecule has 0 aliphatic heterocycles. The zero-order valence-corrected chi connectivity index (χ0v) is 44.1. The van der Waals surface area contributed by atoms with Gasteiger partial charge in [-0.25, -0.2) is 0 Å². The number of allylic oxidation sites excluding steroid dienone is 2. The van der Waals surface area contributed by atoms with Crippen LogP contribution in [0.25, 0.3) is 11.1 Å². The summed E-state index contributed by atoms with van der Waals surface area (Å²) < 4.78 is 19.6. The Bertz CT molecular complexity index is 1480. The summed E-state index contributed by atoms with van der Waals surface area (Å²) >= 11 is 0. The van der Waals surface area contributed by atoms with Gasteiger partial charge in [-0.2, -0.15) is 0 Å². The lowest BCUT2D eigenvalue weighted by Crippen LogP contribution is -2.20. The number of benzene rings is 2. The molecule has 4 saturated carbocycles. The van der Waals surface area contributed by atoms with E-state index in [2.05, 4.69) is 88.4 Å². The van der Waals surface area contributed by atoms with Gasteiger partial charge >= 0.3 is 0 Å². The SMILES string of the molecule is CCCCC[C@H]1CC[C@H](COc2ccc(C(=CCOCC=C(c3ccc(OC[C@H]4CC[C@H](CCCCC)CC4)cc3)[C@H]3CC[C@H](CCCCC)CC3)[C@H]3CC[C@H](CCCCC)CC3)cc2)CC1. The van der Waals surface area contributed by atoms with E-state index < -0.39 is 0 Å². The highest BCUT2D eigenvalue weighted by Crippen LogP contribution is 2.42. The van der Waals surface area contributed by atoms with Crippen LogP contribution in [0.2, 0.25) is 0 Å². The second kappa shape index (κ2) is 31.7. The van der Waals surface area contributed by atoms with E-state index in [1.807, 2.05) is 0 Å². The zero-order valence-electron chi connectivity index (χ0n) is 44.1. The molecule has 0 unspecified atom stereocenters. The normalized spacial score (nSPS) is 26.4. The lowest BCUT2D eigenvalue weighted by Gasteiger charge is -2.31. The molecular weight excluding hydrogens is 817 g/mol. The van der Waals surface area contributed by atoms with Crippen molar-refractivity contribution in [2.75, 3.05) is 26.4 Å². The fourth-order valence-corrected chi connectivity index (χ4v) is 13.0. The summed E-state index contributed by atoms with van der Waals surface area (Å²) in [6.07, 6.45) is 48.7. The Kier molecular flexibility index (Phi) is 25.4. The monoisotopic (exact) mass is 919 g/mol. The second-order valence-corrected chi connectivity index (χ2v) is 22.7. The van der Waals surface area contributed by atoms with Crippen LogP contribution in [0.4, 0.5) is 0 Å². The number of hydrogen-bond acceptors (Lipinski definition) is 3. The quantitative estimate of drug-likeness (QED) is 0.0731. The van der Waals surface area contributed by atoms with Crippen molar-refractivity contribution in [3.63, 3.8) is 0 Å². The van der Waals surface area contributed by atoms with E-state index >= 15 is 0 Å². The number of rotatable bonds is 30. The third-order valence-corrected chi connectivity index (χ3v) is 17.6. The first-order valence-electron chi connectivity index (χ1n) is 29.5. The standard InChI is InChI=1S/C64H102O3/c1-5-9-13-17-51-21-25-55(26-22-51)49-66-61-41-37-59(38-42-61)63(57-33-29-53(30-34-57)19-15-11-7-3)45-47-65-48-46-64(58-35-31-54(32-36-58)20-16-12-8-4)60-39-43-62(44-40-60)67-50-56-27-23-52(24-28-56)18-14-10-6-2/h37-46,51-58H,5-36,47-50H2,1-4H3/t51-,52-,53-,54-,55-,56-,57-,58-. The van der Waals surface area contributed by atoms with Gasteiger partial charge in [-0.15, -0.1) is 0 Å². The first-order chi connectivity index (χ1) is 33.0. The highest BCUT2D eigenvalue weighted by molar-refractivity contribution is 5.69. The molecule has 0 N–H and O–H groups in total. The van der Waals surface area contributed by atoms with Gasteiger partial charge in [0, 0.05) is 0 Å². The minimum Gasteiger partial charge on any atom is -0.493 e. The first-order valence-corrected chi connectivity index (χ1v) is 29.5. The smallest absolute Gasteiger partial charge is 0.119 e. The molecule has 376 valence electrons. The highest BCUT2D eigenvalue weighted by atomic mass is 16.5. The Morgan fingerprint density at radius 3 is 0.955 bits per heavy atom. The molecular formula is C64H102O3. The Hall–Kier alpha value is -2.52. The zero-order chi connectivity index (χ0) is 46.7. The van der Waals surface area contributed by atoms with Crippen molar-refractivity contribution in [2.24, 2.45) is 47.3 Å². The van der Waals surface area contributed by atoms with Crippen molar-refractivity contribution in [2.45, 2.75) is 233 Å². The van der Waals surface area contributed by atoms with E-state index in [0.29, 0.717) is 36.9 Å². The van der Waals surface area contributed by atoms with E-state index in [4.69, 9.17) is 14.2 Å². The maximum Gasteiger partial charge on any atom is 0.119 e. The van der Waals surface area contributed by atoms with Crippen molar-refractivity contribution in [1.29, 1.82) is 0 Å². The molecule has 0 bridgehead atoms. The molecule has 0 aromatic heterocycles. The largest absolute Gasteiger partial charge is 0.493 e. The summed E-state index contributed by atoms with van der Waals surface area (Å²) in [7, 11) is 0. The third-order valence-electron chi connectivity index (χ3n) is 17.6. The Labute approximate surface area is 413 Å². The fourth-order valence-electron chi connectivity index (χ4n) is 13.0. The molecule has 0 atom stereocenters. The molecule has 4 fully saturated rings. The molecule has 0 radical (unpaired) electrons. The van der Waals surface area contributed by atoms with Crippen molar-refractivity contribution in [3.05, 3.63) is 71.8 Å². The molecule has 3 heteroatoms. The minimum absolute atomic E-state index is 0.607. The van der Waals surface area contributed by atoms with E-state index in [1.54, 1.807) is 0 Å². The molecule has 2 aromatic rings. The van der Waals surface area contributed by atoms with Crippen molar-refractivity contribution >= 4 is 11.1 Å². The van der Waals surface area contributed by atoms with Gasteiger partial charge in [-0.1, -0.05) is 193 Å². The van der Waals surface area contributed by atoms with Crippen LogP contribution in [-0.4, -0.2) is 26.4 Å². The van der Waals surface area contributed by atoms with Gasteiger partial charge in [0.2, 0.25) is 0 Å². The minimum atomic E-state index is 0.607. The van der Waals surface area contributed by atoms with Gasteiger partial charge in [0.15, 0.2) is 0 Å². The number of ether oxygens (including phenoxy) is 3. The van der Waals surface area contributed by atoms with Crippen molar-refractivity contribution < 1.29 is 14.2 Å². The molecule has 2 aromatic carbocycles. The van der Waals surface area contributed by atoms with Crippen molar-refractivity contribution in [1.82, 2.24) is 0 Å². The lowest BCUT2D eigenvalue weighted by molar-refractivity contribution is 0.177. The summed E-state index contributed by atoms with van der Waals surface area (Å²) in [6, 6.07) is 18.4. The van der Waals surface area contributed by atoms with Crippen LogP contribution >= 0.6 is 0 Å². The molecule has 3 nitrogen and oxygen atoms in total. The summed E-state index contributed by atoms with van der Waals surface area (Å²) in [6.45, 7) is 12.4. The van der Waals surface area contributed by atoms with Gasteiger partial charge in [0.05, 0.1) is 26.4 Å².